The first-order valence-corrected chi connectivity index (χ1v) is 6.49. The molecule has 5 nitrogen and oxygen atoms in total. The lowest BCUT2D eigenvalue weighted by Gasteiger charge is -2.07. The monoisotopic (exact) mass is 281 g/mol. The molecule has 0 aliphatic heterocycles. The number of hydrogen-bond acceptors (Lipinski definition) is 5. The Hall–Kier alpha value is -2.02. The molecule has 1 heterocycles. The van der Waals surface area contributed by atoms with E-state index in [1.807, 2.05) is 0 Å². The van der Waals surface area contributed by atoms with Gasteiger partial charge in [-0.15, -0.1) is 5.10 Å². The van der Waals surface area contributed by atoms with Crippen LogP contribution in [0.1, 0.15) is 5.69 Å². The summed E-state index contributed by atoms with van der Waals surface area (Å²) in [5, 5.41) is 8.19. The van der Waals surface area contributed by atoms with Gasteiger partial charge in [0, 0.05) is 11.4 Å². The molecule has 0 spiro atoms. The smallest absolute Gasteiger partial charge is 0.226 e. The number of amides is 1. The fourth-order valence-electron chi connectivity index (χ4n) is 1.40. The number of nitrogens with zero attached hydrogens (tertiary/aromatic N) is 2. The van der Waals surface area contributed by atoms with Gasteiger partial charge in [-0.05, 0) is 23.7 Å². The Morgan fingerprint density at radius 2 is 2.37 bits per heavy atom. The summed E-state index contributed by atoms with van der Waals surface area (Å²) < 4.78 is 21.8. The number of ether oxygens (including phenoxy) is 1. The minimum absolute atomic E-state index is 0.143. The molecule has 7 heteroatoms. The van der Waals surface area contributed by atoms with Crippen LogP contribution >= 0.6 is 11.5 Å². The van der Waals surface area contributed by atoms with E-state index in [0.717, 1.165) is 0 Å². The van der Waals surface area contributed by atoms with Gasteiger partial charge in [-0.1, -0.05) is 10.6 Å². The Kier molecular flexibility index (Phi) is 4.79. The normalized spacial score (nSPS) is 10.2. The van der Waals surface area contributed by atoms with Crippen LogP contribution in [0.2, 0.25) is 0 Å². The Labute approximate surface area is 113 Å². The average molecular weight is 281 g/mol. The molecule has 0 unspecified atom stereocenters. The SMILES string of the molecule is O=C(Cc1csnn1)NCCOc1cccc(F)c1. The van der Waals surface area contributed by atoms with Gasteiger partial charge in [0.2, 0.25) is 5.91 Å². The van der Waals surface area contributed by atoms with Crippen molar-refractivity contribution in [1.82, 2.24) is 14.9 Å². The highest BCUT2D eigenvalue weighted by molar-refractivity contribution is 7.03. The molecule has 0 aliphatic carbocycles. The molecule has 1 aromatic heterocycles. The van der Waals surface area contributed by atoms with Crippen molar-refractivity contribution in [3.63, 3.8) is 0 Å². The number of carbonyl (C=O) groups excluding carboxylic acids is 1. The molecule has 1 amide bonds. The van der Waals surface area contributed by atoms with Gasteiger partial charge in [-0.2, -0.15) is 0 Å². The molecular formula is C12H12FN3O2S. The first kappa shape index (κ1) is 13.4. The lowest BCUT2D eigenvalue weighted by molar-refractivity contribution is -0.120. The third-order valence-corrected chi connectivity index (χ3v) is 2.79. The molecule has 0 atom stereocenters. The highest BCUT2D eigenvalue weighted by atomic mass is 32.1. The van der Waals surface area contributed by atoms with Gasteiger partial charge in [-0.25, -0.2) is 4.39 Å². The van der Waals surface area contributed by atoms with Crippen molar-refractivity contribution in [3.05, 3.63) is 41.2 Å². The second-order valence-corrected chi connectivity index (χ2v) is 4.34. The topological polar surface area (TPSA) is 64.1 Å². The fourth-order valence-corrected chi connectivity index (χ4v) is 1.86. The summed E-state index contributed by atoms with van der Waals surface area (Å²) in [4.78, 5) is 11.5. The molecule has 19 heavy (non-hydrogen) atoms. The minimum Gasteiger partial charge on any atom is -0.492 e. The standard InChI is InChI=1S/C12H12FN3O2S/c13-9-2-1-3-11(6-9)18-5-4-14-12(17)7-10-8-19-16-15-10/h1-3,6,8H,4-5,7H2,(H,14,17). The van der Waals surface area contributed by atoms with Crippen molar-refractivity contribution in [2.45, 2.75) is 6.42 Å². The van der Waals surface area contributed by atoms with Gasteiger partial charge in [0.1, 0.15) is 18.2 Å². The zero-order chi connectivity index (χ0) is 13.5. The average Bonchev–Trinajstić information content (AvgIpc) is 2.87. The van der Waals surface area contributed by atoms with E-state index in [1.165, 1.54) is 23.7 Å². The third kappa shape index (κ3) is 4.63. The van der Waals surface area contributed by atoms with Crippen LogP contribution in [0.4, 0.5) is 4.39 Å². The summed E-state index contributed by atoms with van der Waals surface area (Å²) >= 11 is 1.21. The van der Waals surface area contributed by atoms with Crippen molar-refractivity contribution in [1.29, 1.82) is 0 Å². The van der Waals surface area contributed by atoms with Crippen LogP contribution in [0.3, 0.4) is 0 Å². The summed E-state index contributed by atoms with van der Waals surface area (Å²) in [5.74, 6) is -0.0499. The van der Waals surface area contributed by atoms with Crippen LogP contribution in [0.5, 0.6) is 5.75 Å². The molecule has 2 aromatic rings. The predicted octanol–water partition coefficient (Wildman–Crippen LogP) is 1.41. The number of halogens is 1. The maximum atomic E-state index is 12.9. The van der Waals surface area contributed by atoms with Gasteiger partial charge in [0.05, 0.1) is 18.7 Å². The van der Waals surface area contributed by atoms with E-state index in [9.17, 15) is 9.18 Å². The molecule has 0 saturated carbocycles. The highest BCUT2D eigenvalue weighted by Crippen LogP contribution is 2.11. The summed E-state index contributed by atoms with van der Waals surface area (Å²) in [6, 6.07) is 5.86. The van der Waals surface area contributed by atoms with Crippen molar-refractivity contribution < 1.29 is 13.9 Å². The number of nitrogens with one attached hydrogen (secondary N) is 1. The third-order valence-electron chi connectivity index (χ3n) is 2.24. The van der Waals surface area contributed by atoms with E-state index in [0.29, 0.717) is 18.0 Å². The summed E-state index contributed by atoms with van der Waals surface area (Å²) in [7, 11) is 0. The molecule has 2 rings (SSSR count). The molecule has 0 saturated heterocycles. The van der Waals surface area contributed by atoms with Crippen molar-refractivity contribution in [2.24, 2.45) is 0 Å². The van der Waals surface area contributed by atoms with Crippen LogP contribution in [-0.4, -0.2) is 28.6 Å². The Morgan fingerprint density at radius 3 is 3.11 bits per heavy atom. The number of hydrogen-bond donors (Lipinski definition) is 1. The number of carbonyl (C=O) groups is 1. The summed E-state index contributed by atoms with van der Waals surface area (Å²) in [5.41, 5.74) is 0.647. The first-order valence-electron chi connectivity index (χ1n) is 5.65. The van der Waals surface area contributed by atoms with Gasteiger partial charge in [0.25, 0.3) is 0 Å². The second-order valence-electron chi connectivity index (χ2n) is 3.73. The summed E-state index contributed by atoms with van der Waals surface area (Å²) in [6.45, 7) is 0.636. The van der Waals surface area contributed by atoms with Gasteiger partial charge >= 0.3 is 0 Å². The first-order chi connectivity index (χ1) is 9.24. The number of aromatic nitrogens is 2. The molecule has 0 fully saturated rings. The minimum atomic E-state index is -0.349. The molecule has 0 bridgehead atoms. The zero-order valence-electron chi connectivity index (χ0n) is 10.0. The van der Waals surface area contributed by atoms with Gasteiger partial charge in [-0.3, -0.25) is 4.79 Å². The fraction of sp³-hybridized carbons (Fsp3) is 0.250. The largest absolute Gasteiger partial charge is 0.492 e. The molecule has 1 N–H and O–H groups in total. The quantitative estimate of drug-likeness (QED) is 0.813. The lowest BCUT2D eigenvalue weighted by Crippen LogP contribution is -2.29. The van der Waals surface area contributed by atoms with Crippen LogP contribution in [0.15, 0.2) is 29.6 Å². The maximum absolute atomic E-state index is 12.9. The predicted molar refractivity (Wildman–Crippen MR) is 68.5 cm³/mol. The van der Waals surface area contributed by atoms with E-state index in [2.05, 4.69) is 14.9 Å². The van der Waals surface area contributed by atoms with Gasteiger partial charge < -0.3 is 10.1 Å². The number of rotatable bonds is 6. The molecule has 1 aromatic carbocycles. The highest BCUT2D eigenvalue weighted by Gasteiger charge is 2.05. The van der Waals surface area contributed by atoms with E-state index in [-0.39, 0.29) is 24.8 Å². The Morgan fingerprint density at radius 1 is 1.47 bits per heavy atom. The molecule has 0 radical (unpaired) electrons. The second kappa shape index (κ2) is 6.79. The molecule has 0 aliphatic rings. The van der Waals surface area contributed by atoms with E-state index < -0.39 is 0 Å². The van der Waals surface area contributed by atoms with Gasteiger partial charge in [0.15, 0.2) is 0 Å². The maximum Gasteiger partial charge on any atom is 0.226 e. The Bertz CT molecular complexity index is 534. The summed E-state index contributed by atoms with van der Waals surface area (Å²) in [6.07, 6.45) is 0.205. The van der Waals surface area contributed by atoms with Crippen LogP contribution in [0.25, 0.3) is 0 Å². The van der Waals surface area contributed by atoms with E-state index >= 15 is 0 Å². The van der Waals surface area contributed by atoms with Crippen LogP contribution in [0, 0.1) is 5.82 Å². The zero-order valence-corrected chi connectivity index (χ0v) is 10.8. The van der Waals surface area contributed by atoms with Crippen molar-refractivity contribution in [2.75, 3.05) is 13.2 Å². The van der Waals surface area contributed by atoms with E-state index in [1.54, 1.807) is 17.5 Å². The Balaban J connectivity index is 1.65. The molecule has 100 valence electrons. The van der Waals surface area contributed by atoms with E-state index in [4.69, 9.17) is 4.74 Å². The van der Waals surface area contributed by atoms with Crippen LogP contribution in [-0.2, 0) is 11.2 Å². The van der Waals surface area contributed by atoms with Crippen molar-refractivity contribution in [3.8, 4) is 5.75 Å². The number of benzene rings is 1. The molecular weight excluding hydrogens is 269 g/mol. The lowest BCUT2D eigenvalue weighted by atomic mass is 10.3. The van der Waals surface area contributed by atoms with Crippen molar-refractivity contribution >= 4 is 17.4 Å². The van der Waals surface area contributed by atoms with Crippen LogP contribution < -0.4 is 10.1 Å².